The molecule has 0 bridgehead atoms. The molecule has 118 valence electrons. The van der Waals surface area contributed by atoms with Gasteiger partial charge in [-0.05, 0) is 25.0 Å². The Kier molecular flexibility index (Phi) is 4.17. The molecule has 3 rings (SSSR count). The maximum atomic E-state index is 13.7. The van der Waals surface area contributed by atoms with Gasteiger partial charge in [0.1, 0.15) is 22.3 Å². The van der Waals surface area contributed by atoms with Crippen LogP contribution in [0.25, 0.3) is 0 Å². The van der Waals surface area contributed by atoms with E-state index in [1.54, 1.807) is 6.07 Å². The first-order valence-electron chi connectivity index (χ1n) is 7.47. The van der Waals surface area contributed by atoms with Crippen LogP contribution in [0.3, 0.4) is 0 Å². The summed E-state index contributed by atoms with van der Waals surface area (Å²) >= 11 is 0. The van der Waals surface area contributed by atoms with Crippen LogP contribution in [0.2, 0.25) is 0 Å². The lowest BCUT2D eigenvalue weighted by Crippen LogP contribution is -2.53. The van der Waals surface area contributed by atoms with E-state index in [0.717, 1.165) is 6.07 Å². The predicted octanol–water partition coefficient (Wildman–Crippen LogP) is 1.56. The van der Waals surface area contributed by atoms with Gasteiger partial charge >= 0.3 is 0 Å². The molecule has 1 aromatic carbocycles. The molecule has 2 fully saturated rings. The lowest BCUT2D eigenvalue weighted by Gasteiger charge is -2.42. The molecule has 0 N–H and O–H groups in total. The maximum absolute atomic E-state index is 13.7. The minimum atomic E-state index is -3.82. The van der Waals surface area contributed by atoms with Crippen LogP contribution in [0.15, 0.2) is 23.1 Å². The molecule has 2 aliphatic rings. The maximum Gasteiger partial charge on any atom is 0.244 e. The van der Waals surface area contributed by atoms with Crippen LogP contribution in [0.4, 0.5) is 4.39 Å². The predicted molar refractivity (Wildman–Crippen MR) is 79.1 cm³/mol. The summed E-state index contributed by atoms with van der Waals surface area (Å²) in [7, 11) is -3.82. The van der Waals surface area contributed by atoms with Gasteiger partial charge in [-0.25, -0.2) is 12.8 Å². The topological polar surface area (TPSA) is 64.4 Å². The van der Waals surface area contributed by atoms with Crippen molar-refractivity contribution >= 4 is 10.0 Å². The molecule has 1 aromatic rings. The molecule has 5 nitrogen and oxygen atoms in total. The van der Waals surface area contributed by atoms with Gasteiger partial charge in [-0.1, -0.05) is 12.5 Å². The Balaban J connectivity index is 1.80. The summed E-state index contributed by atoms with van der Waals surface area (Å²) in [5.74, 6) is -0.795. The number of hydrogen-bond acceptors (Lipinski definition) is 4. The highest BCUT2D eigenvalue weighted by Gasteiger charge is 2.34. The van der Waals surface area contributed by atoms with Crippen LogP contribution in [0, 0.1) is 17.1 Å². The molecule has 1 heterocycles. The first-order valence-corrected chi connectivity index (χ1v) is 8.91. The standard InChI is InChI=1S/C15H18FN3O2S/c16-14-5-2-6-15(13(14)11-17)22(20,21)19-9-7-18(8-10-19)12-3-1-4-12/h2,5-6,12H,1,3-4,7-10H2. The van der Waals surface area contributed by atoms with Crippen LogP contribution in [-0.4, -0.2) is 49.8 Å². The fourth-order valence-corrected chi connectivity index (χ4v) is 4.60. The van der Waals surface area contributed by atoms with E-state index in [1.165, 1.54) is 35.7 Å². The number of benzene rings is 1. The normalized spacial score (nSPS) is 21.3. The molecule has 0 atom stereocenters. The minimum absolute atomic E-state index is 0.230. The van der Waals surface area contributed by atoms with Crippen LogP contribution in [-0.2, 0) is 10.0 Å². The van der Waals surface area contributed by atoms with E-state index in [-0.39, 0.29) is 4.90 Å². The van der Waals surface area contributed by atoms with Crippen LogP contribution in [0.1, 0.15) is 24.8 Å². The largest absolute Gasteiger partial charge is 0.298 e. The third-order valence-electron chi connectivity index (χ3n) is 4.57. The van der Waals surface area contributed by atoms with Crippen molar-refractivity contribution in [3.05, 3.63) is 29.6 Å². The molecule has 0 spiro atoms. The van der Waals surface area contributed by atoms with Gasteiger partial charge in [0, 0.05) is 32.2 Å². The van der Waals surface area contributed by atoms with Gasteiger partial charge < -0.3 is 0 Å². The van der Waals surface area contributed by atoms with Gasteiger partial charge in [0.25, 0.3) is 0 Å². The van der Waals surface area contributed by atoms with Crippen molar-refractivity contribution in [3.8, 4) is 6.07 Å². The average Bonchev–Trinajstić information content (AvgIpc) is 2.46. The van der Waals surface area contributed by atoms with E-state index in [0.29, 0.717) is 32.2 Å². The zero-order valence-electron chi connectivity index (χ0n) is 12.2. The number of nitriles is 1. The summed E-state index contributed by atoms with van der Waals surface area (Å²) in [6.45, 7) is 2.17. The van der Waals surface area contributed by atoms with E-state index in [1.807, 2.05) is 0 Å². The molecule has 1 aliphatic carbocycles. The smallest absolute Gasteiger partial charge is 0.244 e. The van der Waals surface area contributed by atoms with E-state index in [9.17, 15) is 12.8 Å². The lowest BCUT2D eigenvalue weighted by atomic mass is 9.91. The Bertz CT molecular complexity index is 702. The fraction of sp³-hybridized carbons (Fsp3) is 0.533. The van der Waals surface area contributed by atoms with Crippen molar-refractivity contribution < 1.29 is 12.8 Å². The molecular formula is C15H18FN3O2S. The van der Waals surface area contributed by atoms with Crippen molar-refractivity contribution in [1.29, 1.82) is 5.26 Å². The Labute approximate surface area is 130 Å². The van der Waals surface area contributed by atoms with E-state index >= 15 is 0 Å². The first-order chi connectivity index (χ1) is 10.5. The molecule has 1 aliphatic heterocycles. The quantitative estimate of drug-likeness (QED) is 0.847. The Hall–Kier alpha value is -1.49. The average molecular weight is 323 g/mol. The molecule has 1 saturated heterocycles. The Morgan fingerprint density at radius 1 is 1.18 bits per heavy atom. The molecule has 22 heavy (non-hydrogen) atoms. The number of hydrogen-bond donors (Lipinski definition) is 0. The Morgan fingerprint density at radius 2 is 1.86 bits per heavy atom. The van der Waals surface area contributed by atoms with Gasteiger partial charge in [0.05, 0.1) is 0 Å². The van der Waals surface area contributed by atoms with Crippen molar-refractivity contribution in [2.75, 3.05) is 26.2 Å². The zero-order valence-corrected chi connectivity index (χ0v) is 13.0. The highest BCUT2D eigenvalue weighted by atomic mass is 32.2. The monoisotopic (exact) mass is 323 g/mol. The highest BCUT2D eigenvalue weighted by molar-refractivity contribution is 7.89. The molecule has 0 aromatic heterocycles. The van der Waals surface area contributed by atoms with E-state index < -0.39 is 21.4 Å². The second-order valence-corrected chi connectivity index (χ2v) is 7.66. The van der Waals surface area contributed by atoms with Crippen LogP contribution < -0.4 is 0 Å². The summed E-state index contributed by atoms with van der Waals surface area (Å²) in [4.78, 5) is 2.10. The van der Waals surface area contributed by atoms with Crippen molar-refractivity contribution in [3.63, 3.8) is 0 Å². The molecule has 0 unspecified atom stereocenters. The summed E-state index contributed by atoms with van der Waals surface area (Å²) in [6, 6.07) is 5.99. The highest BCUT2D eigenvalue weighted by Crippen LogP contribution is 2.28. The minimum Gasteiger partial charge on any atom is -0.298 e. The molecule has 0 radical (unpaired) electrons. The lowest BCUT2D eigenvalue weighted by molar-refractivity contribution is 0.0889. The summed E-state index contributed by atoms with van der Waals surface area (Å²) in [5.41, 5.74) is -0.399. The fourth-order valence-electron chi connectivity index (χ4n) is 3.03. The van der Waals surface area contributed by atoms with Gasteiger partial charge in [0.2, 0.25) is 10.0 Å². The van der Waals surface area contributed by atoms with Gasteiger partial charge in [0.15, 0.2) is 0 Å². The van der Waals surface area contributed by atoms with Gasteiger partial charge in [-0.3, -0.25) is 4.90 Å². The molecule has 1 saturated carbocycles. The number of piperazine rings is 1. The summed E-state index contributed by atoms with van der Waals surface area (Å²) < 4.78 is 40.4. The van der Waals surface area contributed by atoms with E-state index in [2.05, 4.69) is 4.90 Å². The summed E-state index contributed by atoms with van der Waals surface area (Å²) in [6.07, 6.45) is 3.63. The first kappa shape index (κ1) is 15.4. The third-order valence-corrected chi connectivity index (χ3v) is 6.51. The Morgan fingerprint density at radius 3 is 2.41 bits per heavy atom. The van der Waals surface area contributed by atoms with Gasteiger partial charge in [-0.15, -0.1) is 0 Å². The summed E-state index contributed by atoms with van der Waals surface area (Å²) in [5, 5.41) is 9.03. The number of nitrogens with zero attached hydrogens (tertiary/aromatic N) is 3. The number of rotatable bonds is 3. The zero-order chi connectivity index (χ0) is 15.7. The molecular weight excluding hydrogens is 305 g/mol. The van der Waals surface area contributed by atoms with Crippen molar-refractivity contribution in [1.82, 2.24) is 9.21 Å². The number of halogens is 1. The SMILES string of the molecule is N#Cc1c(F)cccc1S(=O)(=O)N1CCN(C2CCC2)CC1. The van der Waals surface area contributed by atoms with Crippen molar-refractivity contribution in [2.24, 2.45) is 0 Å². The molecule has 0 amide bonds. The van der Waals surface area contributed by atoms with Gasteiger partial charge in [-0.2, -0.15) is 9.57 Å². The van der Waals surface area contributed by atoms with E-state index in [4.69, 9.17) is 5.26 Å². The van der Waals surface area contributed by atoms with Crippen LogP contribution >= 0.6 is 0 Å². The molecule has 7 heteroatoms. The number of sulfonamides is 1. The van der Waals surface area contributed by atoms with Crippen LogP contribution in [0.5, 0.6) is 0 Å². The second-order valence-electron chi connectivity index (χ2n) is 5.75. The third kappa shape index (κ3) is 2.62. The van der Waals surface area contributed by atoms with Crippen molar-refractivity contribution in [2.45, 2.75) is 30.2 Å². The second kappa shape index (κ2) is 5.95.